The Hall–Kier alpha value is -8.89. The molecule has 0 unspecified atom stereocenters. The first kappa shape index (κ1) is 51.0. The van der Waals surface area contributed by atoms with E-state index in [-0.39, 0.29) is 52.4 Å². The summed E-state index contributed by atoms with van der Waals surface area (Å²) in [5.74, 6) is -2.00. The molecule has 0 aliphatic rings. The monoisotopic (exact) mass is 1030 g/mol. The van der Waals surface area contributed by atoms with Gasteiger partial charge in [0.2, 0.25) is 0 Å². The molecule has 6 aromatic heterocycles. The first-order valence-electron chi connectivity index (χ1n) is 23.3. The Labute approximate surface area is 432 Å². The van der Waals surface area contributed by atoms with E-state index in [0.29, 0.717) is 72.8 Å². The van der Waals surface area contributed by atoms with Crippen molar-refractivity contribution in [2.24, 2.45) is 0 Å². The number of halogens is 5. The molecule has 0 spiro atoms. The number of benzene rings is 4. The normalized spacial score (nSPS) is 11.1. The molecule has 0 atom stereocenters. The SMILES string of the molecule is Cc1cc2nccc(Oc3ccc(CC(=O)c4cc(-c5ccc(F)cc5)c(C)nn4)cc3F)c2nc1C.Cc1cc2nccc(Oc3ccc(CC(=O)c4nnc(C)c(-c5ccc(F)cc5)c4Cl)cc3F)c2nc1C. The van der Waals surface area contributed by atoms with Gasteiger partial charge in [0.05, 0.1) is 27.4 Å². The molecule has 0 aliphatic carbocycles. The fraction of sp³-hybridized carbons (Fsp3) is 0.138. The van der Waals surface area contributed by atoms with Gasteiger partial charge in [0.15, 0.2) is 46.2 Å². The highest BCUT2D eigenvalue weighted by Gasteiger charge is 2.22. The van der Waals surface area contributed by atoms with Gasteiger partial charge in [0.1, 0.15) is 34.1 Å². The van der Waals surface area contributed by atoms with Crippen LogP contribution in [0.1, 0.15) is 66.0 Å². The van der Waals surface area contributed by atoms with E-state index < -0.39 is 23.2 Å². The zero-order valence-corrected chi connectivity index (χ0v) is 41.9. The lowest BCUT2D eigenvalue weighted by Gasteiger charge is -2.12. The topological polar surface area (TPSA) is 156 Å². The van der Waals surface area contributed by atoms with E-state index >= 15 is 4.39 Å². The molecule has 0 N–H and O–H groups in total. The molecule has 0 bridgehead atoms. The van der Waals surface area contributed by atoms with Crippen molar-refractivity contribution in [3.63, 3.8) is 0 Å². The van der Waals surface area contributed by atoms with Gasteiger partial charge in [-0.15, -0.1) is 10.2 Å². The van der Waals surface area contributed by atoms with E-state index in [1.165, 1.54) is 48.5 Å². The Morgan fingerprint density at radius 1 is 0.493 bits per heavy atom. The summed E-state index contributed by atoms with van der Waals surface area (Å²) in [6.07, 6.45) is 2.93. The number of hydrogen-bond acceptors (Lipinski definition) is 12. The smallest absolute Gasteiger partial charge is 0.188 e. The van der Waals surface area contributed by atoms with Crippen LogP contribution in [-0.4, -0.2) is 51.9 Å². The van der Waals surface area contributed by atoms with Crippen LogP contribution < -0.4 is 9.47 Å². The number of rotatable bonds is 12. The van der Waals surface area contributed by atoms with Crippen LogP contribution in [0.2, 0.25) is 5.02 Å². The van der Waals surface area contributed by atoms with Crippen LogP contribution in [0.5, 0.6) is 23.0 Å². The Balaban J connectivity index is 0.000000184. The number of Topliss-reactive ketones (excluding diaryl/α,β-unsaturated/α-hetero) is 2. The summed E-state index contributed by atoms with van der Waals surface area (Å²) in [5, 5.41) is 16.2. The predicted octanol–water partition coefficient (Wildman–Crippen LogP) is 13.7. The molecule has 75 heavy (non-hydrogen) atoms. The molecule has 374 valence electrons. The van der Waals surface area contributed by atoms with Crippen molar-refractivity contribution in [2.45, 2.75) is 54.4 Å². The minimum atomic E-state index is -0.641. The van der Waals surface area contributed by atoms with Crippen molar-refractivity contribution >= 4 is 45.2 Å². The maximum absolute atomic E-state index is 15.0. The van der Waals surface area contributed by atoms with Crippen LogP contribution in [0.25, 0.3) is 44.3 Å². The van der Waals surface area contributed by atoms with Crippen molar-refractivity contribution in [2.75, 3.05) is 0 Å². The Bertz CT molecular complexity index is 3860. The van der Waals surface area contributed by atoms with Gasteiger partial charge in [0.25, 0.3) is 0 Å². The third kappa shape index (κ3) is 11.4. The van der Waals surface area contributed by atoms with E-state index in [0.717, 1.165) is 28.1 Å². The summed E-state index contributed by atoms with van der Waals surface area (Å²) in [4.78, 5) is 43.7. The number of ketones is 2. The molecule has 4 aromatic carbocycles. The zero-order valence-electron chi connectivity index (χ0n) is 41.1. The Kier molecular flexibility index (Phi) is 14.7. The number of aromatic nitrogens is 8. The van der Waals surface area contributed by atoms with E-state index in [9.17, 15) is 22.8 Å². The van der Waals surface area contributed by atoms with Crippen molar-refractivity contribution in [3.05, 3.63) is 212 Å². The predicted molar refractivity (Wildman–Crippen MR) is 276 cm³/mol. The van der Waals surface area contributed by atoms with Gasteiger partial charge >= 0.3 is 0 Å². The summed E-state index contributed by atoms with van der Waals surface area (Å²) < 4.78 is 68.4. The third-order valence-electron chi connectivity index (χ3n) is 12.3. The van der Waals surface area contributed by atoms with E-state index in [1.54, 1.807) is 80.8 Å². The van der Waals surface area contributed by atoms with E-state index in [4.69, 9.17) is 21.1 Å². The number of nitrogens with zero attached hydrogens (tertiary/aromatic N) is 8. The largest absolute Gasteiger partial charge is 0.452 e. The average molecular weight is 1030 g/mol. The van der Waals surface area contributed by atoms with Gasteiger partial charge in [-0.2, -0.15) is 10.2 Å². The molecule has 0 saturated carbocycles. The lowest BCUT2D eigenvalue weighted by molar-refractivity contribution is 0.0979. The van der Waals surface area contributed by atoms with Crippen molar-refractivity contribution in [1.82, 2.24) is 40.3 Å². The van der Waals surface area contributed by atoms with Gasteiger partial charge in [-0.05, 0) is 142 Å². The number of ether oxygens (including phenoxy) is 2. The molecule has 17 heteroatoms. The quantitative estimate of drug-likeness (QED) is 0.0844. The maximum atomic E-state index is 15.0. The highest BCUT2D eigenvalue weighted by atomic mass is 35.5. The highest BCUT2D eigenvalue weighted by Crippen LogP contribution is 2.35. The number of aryl methyl sites for hydroxylation is 6. The minimum absolute atomic E-state index is 0.0115. The molecular formula is C58H43ClF4N8O4. The second-order valence-electron chi connectivity index (χ2n) is 17.6. The minimum Gasteiger partial charge on any atom is -0.452 e. The van der Waals surface area contributed by atoms with Gasteiger partial charge in [-0.25, -0.2) is 27.5 Å². The van der Waals surface area contributed by atoms with Crippen LogP contribution in [0.4, 0.5) is 17.6 Å². The van der Waals surface area contributed by atoms with Crippen LogP contribution in [0.3, 0.4) is 0 Å². The molecule has 0 fully saturated rings. The van der Waals surface area contributed by atoms with Gasteiger partial charge in [0, 0.05) is 59.9 Å². The fourth-order valence-corrected chi connectivity index (χ4v) is 8.42. The summed E-state index contributed by atoms with van der Waals surface area (Å²) >= 11 is 6.54. The Morgan fingerprint density at radius 2 is 0.973 bits per heavy atom. The summed E-state index contributed by atoms with van der Waals surface area (Å²) in [6.45, 7) is 11.1. The molecule has 10 aromatic rings. The molecule has 6 heterocycles. The van der Waals surface area contributed by atoms with E-state index in [1.807, 2.05) is 39.8 Å². The van der Waals surface area contributed by atoms with Crippen LogP contribution in [0.15, 0.2) is 128 Å². The first-order valence-corrected chi connectivity index (χ1v) is 23.7. The second kappa shape index (κ2) is 21.7. The highest BCUT2D eigenvalue weighted by molar-refractivity contribution is 6.36. The zero-order chi connectivity index (χ0) is 53.1. The Morgan fingerprint density at radius 3 is 1.48 bits per heavy atom. The lowest BCUT2D eigenvalue weighted by atomic mass is 10.0. The van der Waals surface area contributed by atoms with Crippen molar-refractivity contribution in [3.8, 4) is 45.3 Å². The fourth-order valence-electron chi connectivity index (χ4n) is 8.03. The van der Waals surface area contributed by atoms with Gasteiger partial charge in [-0.1, -0.05) is 48.0 Å². The number of pyridine rings is 4. The molecular weight excluding hydrogens is 984 g/mol. The number of carbonyl (C=O) groups excluding carboxylic acids is 2. The van der Waals surface area contributed by atoms with Crippen molar-refractivity contribution < 1.29 is 36.6 Å². The van der Waals surface area contributed by atoms with Gasteiger partial charge < -0.3 is 9.47 Å². The molecule has 0 aliphatic heterocycles. The maximum Gasteiger partial charge on any atom is 0.188 e. The second-order valence-corrected chi connectivity index (χ2v) is 18.0. The number of carbonyl (C=O) groups is 2. The summed E-state index contributed by atoms with van der Waals surface area (Å²) in [5.41, 5.74) is 10.6. The number of hydrogen-bond donors (Lipinski definition) is 0. The average Bonchev–Trinajstić information content (AvgIpc) is 3.38. The van der Waals surface area contributed by atoms with Gasteiger partial charge in [-0.3, -0.25) is 19.6 Å². The third-order valence-corrected chi connectivity index (χ3v) is 12.7. The van der Waals surface area contributed by atoms with Crippen LogP contribution in [-0.2, 0) is 12.8 Å². The molecule has 0 amide bonds. The first-order chi connectivity index (χ1) is 36.0. The standard InChI is InChI=1S/C29H21ClF2N4O2.C29H22F2N4O2/c1-15-12-22-28(34-16(15)2)25(10-11-33-22)38-24-9-4-18(13-21(24)32)14-23(37)29-27(30)26(17(3)35-36-29)19-5-7-20(31)8-6-19;1-16-12-25-29(33-17(16)2)28(10-11-32-25)37-27-9-4-19(13-23(27)31)14-26(36)24-15-22(18(3)34-35-24)20-5-7-21(30)8-6-20/h4-13H,14H2,1-3H3;4-13,15H,14H2,1-3H3. The number of fused-ring (bicyclic) bond motifs is 2. The van der Waals surface area contributed by atoms with Crippen molar-refractivity contribution in [1.29, 1.82) is 0 Å². The van der Waals surface area contributed by atoms with Crippen LogP contribution >= 0.6 is 11.6 Å². The summed E-state index contributed by atoms with van der Waals surface area (Å²) in [6, 6.07) is 29.0. The van der Waals surface area contributed by atoms with Crippen LogP contribution in [0, 0.1) is 64.8 Å². The summed E-state index contributed by atoms with van der Waals surface area (Å²) in [7, 11) is 0. The van der Waals surface area contributed by atoms with E-state index in [2.05, 4.69) is 40.3 Å². The molecule has 0 saturated heterocycles. The molecule has 0 radical (unpaired) electrons. The molecule has 12 nitrogen and oxygen atoms in total. The lowest BCUT2D eigenvalue weighted by Crippen LogP contribution is -2.10. The molecule has 10 rings (SSSR count).